The van der Waals surface area contributed by atoms with Gasteiger partial charge in [-0.2, -0.15) is 4.37 Å². The van der Waals surface area contributed by atoms with Crippen LogP contribution in [0.3, 0.4) is 0 Å². The van der Waals surface area contributed by atoms with Crippen LogP contribution in [0.25, 0.3) is 21.0 Å². The molecule has 6 heteroatoms. The first-order valence-electron chi connectivity index (χ1n) is 7.75. The van der Waals surface area contributed by atoms with E-state index >= 15 is 0 Å². The van der Waals surface area contributed by atoms with Crippen LogP contribution in [-0.2, 0) is 0 Å². The number of aromatic nitrogens is 2. The summed E-state index contributed by atoms with van der Waals surface area (Å²) in [6.07, 6.45) is 1.75. The van der Waals surface area contributed by atoms with Crippen molar-refractivity contribution >= 4 is 44.2 Å². The monoisotopic (exact) mass is 336 g/mol. The van der Waals surface area contributed by atoms with Crippen molar-refractivity contribution in [3.05, 3.63) is 60.3 Å². The van der Waals surface area contributed by atoms with Crippen LogP contribution >= 0.6 is 11.5 Å². The summed E-state index contributed by atoms with van der Waals surface area (Å²) in [4.78, 5) is 15.4. The van der Waals surface area contributed by atoms with Crippen LogP contribution in [0.15, 0.2) is 54.7 Å². The lowest BCUT2D eigenvalue weighted by atomic mass is 10.1. The number of hydrogen-bond acceptors (Lipinski definition) is 4. The summed E-state index contributed by atoms with van der Waals surface area (Å²) in [6, 6.07) is 15.9. The molecular weight excluding hydrogens is 320 g/mol. The highest BCUT2D eigenvalue weighted by Crippen LogP contribution is 2.25. The van der Waals surface area contributed by atoms with E-state index in [4.69, 9.17) is 0 Å². The third-order valence-electron chi connectivity index (χ3n) is 3.91. The second-order valence-corrected chi connectivity index (χ2v) is 6.26. The highest BCUT2D eigenvalue weighted by molar-refractivity contribution is 7.13. The van der Waals surface area contributed by atoms with Crippen molar-refractivity contribution < 1.29 is 4.79 Å². The Morgan fingerprint density at radius 3 is 2.75 bits per heavy atom. The molecule has 0 aliphatic rings. The maximum Gasteiger partial charge on any atom is 0.253 e. The molecule has 24 heavy (non-hydrogen) atoms. The lowest BCUT2D eigenvalue weighted by Gasteiger charge is -2.06. The van der Waals surface area contributed by atoms with Crippen LogP contribution in [0.5, 0.6) is 0 Å². The van der Waals surface area contributed by atoms with Gasteiger partial charge in [0.2, 0.25) is 0 Å². The van der Waals surface area contributed by atoms with Crippen molar-refractivity contribution in [2.75, 3.05) is 18.4 Å². The summed E-state index contributed by atoms with van der Waals surface area (Å²) in [5.74, 6) is 0.800. The molecule has 4 rings (SSSR count). The van der Waals surface area contributed by atoms with Crippen molar-refractivity contribution in [2.45, 2.75) is 0 Å². The molecule has 1 amide bonds. The minimum absolute atomic E-state index is 0.0719. The molecule has 0 saturated carbocycles. The van der Waals surface area contributed by atoms with Crippen molar-refractivity contribution in [1.29, 1.82) is 0 Å². The molecule has 0 radical (unpaired) electrons. The minimum atomic E-state index is -0.0719. The predicted octanol–water partition coefficient (Wildman–Crippen LogP) is 3.62. The quantitative estimate of drug-likeness (QED) is 0.488. The molecule has 0 aliphatic heterocycles. The Bertz CT molecular complexity index is 1000. The highest BCUT2D eigenvalue weighted by Gasteiger charge is 2.11. The fraction of sp³-hybridized carbons (Fsp3) is 0.111. The van der Waals surface area contributed by atoms with Gasteiger partial charge in [-0.15, -0.1) is 0 Å². The van der Waals surface area contributed by atoms with Crippen molar-refractivity contribution in [2.24, 2.45) is 0 Å². The Labute approximate surface area is 142 Å². The summed E-state index contributed by atoms with van der Waals surface area (Å²) in [5.41, 5.74) is 1.64. The average molecular weight is 336 g/mol. The lowest BCUT2D eigenvalue weighted by Crippen LogP contribution is -2.28. The number of fused-ring (bicyclic) bond motifs is 2. The first-order chi connectivity index (χ1) is 11.8. The van der Waals surface area contributed by atoms with E-state index in [1.807, 2.05) is 42.5 Å². The Morgan fingerprint density at radius 1 is 1.04 bits per heavy atom. The second kappa shape index (κ2) is 6.33. The predicted molar refractivity (Wildman–Crippen MR) is 98.7 cm³/mol. The van der Waals surface area contributed by atoms with Gasteiger partial charge in [0, 0.05) is 35.6 Å². The standard InChI is InChI=1S/C18H16N4OS/c23-18(14-11-21-15-7-3-1-5-12(14)15)20-10-9-19-17-13-6-2-4-8-16(13)24-22-17/h1-8,11,21H,9-10H2,(H,19,22)(H,20,23). The van der Waals surface area contributed by atoms with Gasteiger partial charge in [-0.05, 0) is 29.7 Å². The van der Waals surface area contributed by atoms with E-state index < -0.39 is 0 Å². The van der Waals surface area contributed by atoms with Crippen LogP contribution in [0.1, 0.15) is 10.4 Å². The Hall–Kier alpha value is -2.86. The second-order valence-electron chi connectivity index (χ2n) is 5.46. The number of H-pyrrole nitrogens is 1. The minimum Gasteiger partial charge on any atom is -0.367 e. The van der Waals surface area contributed by atoms with E-state index in [1.165, 1.54) is 11.5 Å². The number of amides is 1. The van der Waals surface area contributed by atoms with Gasteiger partial charge in [0.05, 0.1) is 10.3 Å². The summed E-state index contributed by atoms with van der Waals surface area (Å²) in [6.45, 7) is 1.16. The molecule has 0 saturated heterocycles. The number of nitrogens with one attached hydrogen (secondary N) is 3. The van der Waals surface area contributed by atoms with E-state index in [2.05, 4.69) is 26.1 Å². The largest absolute Gasteiger partial charge is 0.367 e. The smallest absolute Gasteiger partial charge is 0.253 e. The summed E-state index contributed by atoms with van der Waals surface area (Å²) < 4.78 is 5.57. The summed E-state index contributed by atoms with van der Waals surface area (Å²) in [7, 11) is 0. The fourth-order valence-electron chi connectivity index (χ4n) is 2.72. The molecule has 0 atom stereocenters. The topological polar surface area (TPSA) is 69.8 Å². The molecule has 0 fully saturated rings. The third-order valence-corrected chi connectivity index (χ3v) is 4.74. The number of carbonyl (C=O) groups is 1. The fourth-order valence-corrected chi connectivity index (χ4v) is 3.48. The number of para-hydroxylation sites is 1. The van der Waals surface area contributed by atoms with Gasteiger partial charge in [0.1, 0.15) is 5.82 Å². The van der Waals surface area contributed by atoms with Crippen LogP contribution in [0.4, 0.5) is 5.82 Å². The molecule has 4 aromatic rings. The molecular formula is C18H16N4OS. The van der Waals surface area contributed by atoms with Gasteiger partial charge in [0.25, 0.3) is 5.91 Å². The average Bonchev–Trinajstić information content (AvgIpc) is 3.23. The lowest BCUT2D eigenvalue weighted by molar-refractivity contribution is 0.0957. The van der Waals surface area contributed by atoms with Crippen molar-refractivity contribution in [3.8, 4) is 0 Å². The Balaban J connectivity index is 1.36. The van der Waals surface area contributed by atoms with Crippen LogP contribution in [-0.4, -0.2) is 28.4 Å². The molecule has 0 bridgehead atoms. The van der Waals surface area contributed by atoms with Crippen LogP contribution < -0.4 is 10.6 Å². The van der Waals surface area contributed by atoms with Gasteiger partial charge in [-0.25, -0.2) is 0 Å². The number of nitrogens with zero attached hydrogens (tertiary/aromatic N) is 1. The molecule has 0 aliphatic carbocycles. The van der Waals surface area contributed by atoms with E-state index in [-0.39, 0.29) is 5.91 Å². The summed E-state index contributed by atoms with van der Waals surface area (Å²) in [5, 5.41) is 8.28. The molecule has 5 nitrogen and oxygen atoms in total. The van der Waals surface area contributed by atoms with Gasteiger partial charge in [-0.1, -0.05) is 30.3 Å². The van der Waals surface area contributed by atoms with E-state index in [1.54, 1.807) is 6.20 Å². The summed E-state index contributed by atoms with van der Waals surface area (Å²) >= 11 is 1.47. The maximum absolute atomic E-state index is 12.3. The maximum atomic E-state index is 12.3. The van der Waals surface area contributed by atoms with Crippen LogP contribution in [0, 0.1) is 0 Å². The SMILES string of the molecule is O=C(NCCNc1nsc2ccccc12)c1c[nH]c2ccccc12. The zero-order valence-corrected chi connectivity index (χ0v) is 13.7. The van der Waals surface area contributed by atoms with Gasteiger partial charge in [-0.3, -0.25) is 4.79 Å². The number of rotatable bonds is 5. The van der Waals surface area contributed by atoms with Gasteiger partial charge >= 0.3 is 0 Å². The number of hydrogen-bond donors (Lipinski definition) is 3. The number of carbonyl (C=O) groups excluding carboxylic acids is 1. The zero-order valence-electron chi connectivity index (χ0n) is 12.9. The number of benzene rings is 2. The van der Waals surface area contributed by atoms with Gasteiger partial charge < -0.3 is 15.6 Å². The van der Waals surface area contributed by atoms with E-state index in [0.29, 0.717) is 18.7 Å². The highest BCUT2D eigenvalue weighted by atomic mass is 32.1. The molecule has 120 valence electrons. The molecule has 2 heterocycles. The van der Waals surface area contributed by atoms with Crippen molar-refractivity contribution in [1.82, 2.24) is 14.7 Å². The van der Waals surface area contributed by atoms with Crippen LogP contribution in [0.2, 0.25) is 0 Å². The molecule has 0 spiro atoms. The van der Waals surface area contributed by atoms with Crippen molar-refractivity contribution in [3.63, 3.8) is 0 Å². The molecule has 2 aromatic heterocycles. The molecule has 3 N–H and O–H groups in total. The zero-order chi connectivity index (χ0) is 16.4. The Kier molecular flexibility index (Phi) is 3.88. The van der Waals surface area contributed by atoms with E-state index in [9.17, 15) is 4.79 Å². The molecule has 2 aromatic carbocycles. The van der Waals surface area contributed by atoms with Gasteiger partial charge in [0.15, 0.2) is 0 Å². The molecule has 0 unspecified atom stereocenters. The first kappa shape index (κ1) is 14.7. The third kappa shape index (κ3) is 2.72. The number of anilines is 1. The normalized spacial score (nSPS) is 11.0. The Morgan fingerprint density at radius 2 is 1.83 bits per heavy atom. The number of aromatic amines is 1. The first-order valence-corrected chi connectivity index (χ1v) is 8.53. The van der Waals surface area contributed by atoms with E-state index in [0.717, 1.165) is 26.8 Å².